The van der Waals surface area contributed by atoms with E-state index in [1.807, 2.05) is 30.3 Å². The lowest BCUT2D eigenvalue weighted by atomic mass is 10.2. The Morgan fingerprint density at radius 3 is 2.63 bits per heavy atom. The van der Waals surface area contributed by atoms with Gasteiger partial charge in [0.1, 0.15) is 6.61 Å². The highest BCUT2D eigenvalue weighted by Crippen LogP contribution is 2.04. The predicted molar refractivity (Wildman–Crippen MR) is 71.6 cm³/mol. The Hall–Kier alpha value is -1.43. The summed E-state index contributed by atoms with van der Waals surface area (Å²) in [6, 6.07) is 9.67. The third-order valence-electron chi connectivity index (χ3n) is 2.60. The molecule has 0 radical (unpaired) electrons. The standard InChI is InChI=1S/C14H21NO4/c1-18-9-10-19-12-14(17)15(7-8-16)11-13-5-3-2-4-6-13/h2-6,16H,7-12H2,1H3. The topological polar surface area (TPSA) is 59.0 Å². The number of amides is 1. The molecule has 0 aliphatic rings. The van der Waals surface area contributed by atoms with Crippen molar-refractivity contribution in [2.45, 2.75) is 6.54 Å². The summed E-state index contributed by atoms with van der Waals surface area (Å²) in [5, 5.41) is 9.02. The molecule has 5 heteroatoms. The number of benzene rings is 1. The van der Waals surface area contributed by atoms with Gasteiger partial charge in [-0.25, -0.2) is 0 Å². The van der Waals surface area contributed by atoms with Crippen LogP contribution >= 0.6 is 0 Å². The molecule has 1 rings (SSSR count). The maximum absolute atomic E-state index is 11.9. The van der Waals surface area contributed by atoms with Gasteiger partial charge in [-0.2, -0.15) is 0 Å². The van der Waals surface area contributed by atoms with Crippen LogP contribution in [-0.4, -0.2) is 56.0 Å². The van der Waals surface area contributed by atoms with Crippen molar-refractivity contribution in [2.75, 3.05) is 40.1 Å². The van der Waals surface area contributed by atoms with Crippen molar-refractivity contribution in [3.05, 3.63) is 35.9 Å². The lowest BCUT2D eigenvalue weighted by Gasteiger charge is -2.21. The van der Waals surface area contributed by atoms with Crippen molar-refractivity contribution < 1.29 is 19.4 Å². The van der Waals surface area contributed by atoms with Crippen LogP contribution in [0.2, 0.25) is 0 Å². The number of aliphatic hydroxyl groups is 1. The highest BCUT2D eigenvalue weighted by atomic mass is 16.5. The summed E-state index contributed by atoms with van der Waals surface area (Å²) >= 11 is 0. The van der Waals surface area contributed by atoms with Gasteiger partial charge in [0.25, 0.3) is 0 Å². The minimum absolute atomic E-state index is 0.0101. The molecule has 19 heavy (non-hydrogen) atoms. The van der Waals surface area contributed by atoms with Crippen molar-refractivity contribution in [3.8, 4) is 0 Å². The van der Waals surface area contributed by atoms with Gasteiger partial charge in [-0.1, -0.05) is 30.3 Å². The Morgan fingerprint density at radius 1 is 1.26 bits per heavy atom. The van der Waals surface area contributed by atoms with E-state index in [-0.39, 0.29) is 19.1 Å². The molecule has 0 aliphatic carbocycles. The number of hydrogen-bond acceptors (Lipinski definition) is 4. The normalized spacial score (nSPS) is 10.4. The van der Waals surface area contributed by atoms with Crippen LogP contribution in [0, 0.1) is 0 Å². The fraction of sp³-hybridized carbons (Fsp3) is 0.500. The average Bonchev–Trinajstić information content (AvgIpc) is 2.44. The summed E-state index contributed by atoms with van der Waals surface area (Å²) < 4.78 is 10.0. The number of carbonyl (C=O) groups excluding carboxylic acids is 1. The molecule has 0 saturated carbocycles. The first-order valence-electron chi connectivity index (χ1n) is 6.27. The Morgan fingerprint density at radius 2 is 2.00 bits per heavy atom. The quantitative estimate of drug-likeness (QED) is 0.668. The van der Waals surface area contributed by atoms with Gasteiger partial charge in [-0.05, 0) is 5.56 Å². The Labute approximate surface area is 113 Å². The maximum Gasteiger partial charge on any atom is 0.248 e. The van der Waals surface area contributed by atoms with Crippen molar-refractivity contribution in [1.29, 1.82) is 0 Å². The molecule has 0 aliphatic heterocycles. The van der Waals surface area contributed by atoms with E-state index in [1.54, 1.807) is 12.0 Å². The van der Waals surface area contributed by atoms with Gasteiger partial charge >= 0.3 is 0 Å². The molecule has 106 valence electrons. The highest BCUT2D eigenvalue weighted by Gasteiger charge is 2.13. The third kappa shape index (κ3) is 6.33. The molecular formula is C14H21NO4. The fourth-order valence-corrected chi connectivity index (χ4v) is 1.61. The molecule has 0 heterocycles. The minimum Gasteiger partial charge on any atom is -0.395 e. The fourth-order valence-electron chi connectivity index (χ4n) is 1.61. The first-order chi connectivity index (χ1) is 9.27. The van der Waals surface area contributed by atoms with Gasteiger partial charge in [0.05, 0.1) is 19.8 Å². The van der Waals surface area contributed by atoms with Crippen molar-refractivity contribution in [3.63, 3.8) is 0 Å². The molecular weight excluding hydrogens is 246 g/mol. The van der Waals surface area contributed by atoms with Crippen LogP contribution in [0.25, 0.3) is 0 Å². The molecule has 1 aromatic rings. The number of ether oxygens (including phenoxy) is 2. The van der Waals surface area contributed by atoms with Crippen LogP contribution in [0.5, 0.6) is 0 Å². The van der Waals surface area contributed by atoms with Crippen LogP contribution in [0.15, 0.2) is 30.3 Å². The van der Waals surface area contributed by atoms with Gasteiger partial charge in [0.2, 0.25) is 5.91 Å². The van der Waals surface area contributed by atoms with E-state index in [0.29, 0.717) is 26.3 Å². The second-order valence-electron chi connectivity index (χ2n) is 4.07. The summed E-state index contributed by atoms with van der Waals surface area (Å²) in [4.78, 5) is 13.5. The van der Waals surface area contributed by atoms with E-state index >= 15 is 0 Å². The average molecular weight is 267 g/mol. The molecule has 1 N–H and O–H groups in total. The van der Waals surface area contributed by atoms with Crippen LogP contribution in [0.4, 0.5) is 0 Å². The zero-order valence-corrected chi connectivity index (χ0v) is 11.2. The van der Waals surface area contributed by atoms with Crippen molar-refractivity contribution >= 4 is 5.91 Å². The van der Waals surface area contributed by atoms with E-state index < -0.39 is 0 Å². The minimum atomic E-state index is -0.131. The molecule has 0 spiro atoms. The van der Waals surface area contributed by atoms with E-state index in [4.69, 9.17) is 14.6 Å². The number of methoxy groups -OCH3 is 1. The van der Waals surface area contributed by atoms with Gasteiger partial charge in [0.15, 0.2) is 0 Å². The van der Waals surface area contributed by atoms with E-state index in [2.05, 4.69) is 0 Å². The molecule has 0 aromatic heterocycles. The zero-order chi connectivity index (χ0) is 13.9. The van der Waals surface area contributed by atoms with Crippen LogP contribution in [-0.2, 0) is 20.8 Å². The van der Waals surface area contributed by atoms with Gasteiger partial charge in [0, 0.05) is 20.2 Å². The van der Waals surface area contributed by atoms with E-state index in [1.165, 1.54) is 0 Å². The number of rotatable bonds is 9. The Balaban J connectivity index is 2.44. The number of nitrogens with zero attached hydrogens (tertiary/aromatic N) is 1. The number of aliphatic hydroxyl groups excluding tert-OH is 1. The largest absolute Gasteiger partial charge is 0.395 e. The number of carbonyl (C=O) groups is 1. The molecule has 0 bridgehead atoms. The first kappa shape index (κ1) is 15.6. The zero-order valence-electron chi connectivity index (χ0n) is 11.2. The van der Waals surface area contributed by atoms with Crippen LogP contribution in [0.1, 0.15) is 5.56 Å². The molecule has 0 atom stereocenters. The Bertz CT molecular complexity index is 356. The predicted octanol–water partition coefficient (Wildman–Crippen LogP) is 0.671. The number of hydrogen-bond donors (Lipinski definition) is 1. The molecule has 0 saturated heterocycles. The first-order valence-corrected chi connectivity index (χ1v) is 6.27. The molecule has 0 unspecified atom stereocenters. The van der Waals surface area contributed by atoms with Crippen molar-refractivity contribution in [2.24, 2.45) is 0 Å². The SMILES string of the molecule is COCCOCC(=O)N(CCO)Cc1ccccc1. The smallest absolute Gasteiger partial charge is 0.248 e. The van der Waals surface area contributed by atoms with E-state index in [0.717, 1.165) is 5.56 Å². The van der Waals surface area contributed by atoms with E-state index in [9.17, 15) is 4.79 Å². The van der Waals surface area contributed by atoms with Crippen LogP contribution < -0.4 is 0 Å². The summed E-state index contributed by atoms with van der Waals surface area (Å²) in [5.74, 6) is -0.131. The van der Waals surface area contributed by atoms with Gasteiger partial charge in [-0.15, -0.1) is 0 Å². The molecule has 0 fully saturated rings. The lowest BCUT2D eigenvalue weighted by molar-refractivity contribution is -0.137. The molecule has 5 nitrogen and oxygen atoms in total. The summed E-state index contributed by atoms with van der Waals surface area (Å²) in [6.45, 7) is 1.59. The third-order valence-corrected chi connectivity index (χ3v) is 2.60. The Kier molecular flexibility index (Phi) is 7.81. The summed E-state index contributed by atoms with van der Waals surface area (Å²) in [5.41, 5.74) is 1.03. The van der Waals surface area contributed by atoms with Gasteiger partial charge < -0.3 is 19.5 Å². The molecule has 1 amide bonds. The monoisotopic (exact) mass is 267 g/mol. The van der Waals surface area contributed by atoms with Crippen LogP contribution in [0.3, 0.4) is 0 Å². The summed E-state index contributed by atoms with van der Waals surface area (Å²) in [7, 11) is 1.58. The lowest BCUT2D eigenvalue weighted by Crippen LogP contribution is -2.36. The van der Waals surface area contributed by atoms with Gasteiger partial charge in [-0.3, -0.25) is 4.79 Å². The summed E-state index contributed by atoms with van der Waals surface area (Å²) in [6.07, 6.45) is 0. The molecule has 1 aromatic carbocycles. The van der Waals surface area contributed by atoms with Crippen molar-refractivity contribution in [1.82, 2.24) is 4.90 Å². The highest BCUT2D eigenvalue weighted by molar-refractivity contribution is 5.77. The maximum atomic E-state index is 11.9. The second kappa shape index (κ2) is 9.49. The second-order valence-corrected chi connectivity index (χ2v) is 4.07.